The van der Waals surface area contributed by atoms with Crippen LogP contribution in [0, 0.1) is 0 Å². The lowest BCUT2D eigenvalue weighted by Crippen LogP contribution is -2.52. The van der Waals surface area contributed by atoms with E-state index in [-0.39, 0.29) is 18.2 Å². The van der Waals surface area contributed by atoms with Crippen LogP contribution >= 0.6 is 0 Å². The fraction of sp³-hybridized carbons (Fsp3) is 0.286. The van der Waals surface area contributed by atoms with Crippen LogP contribution in [-0.2, 0) is 34.3 Å². The SMILES string of the molecule is CCS(=O)(=O)N1Cc2ccccc2CC1C(=O)NCc1cc2ccccc2[nH]1. The van der Waals surface area contributed by atoms with Crippen molar-refractivity contribution in [1.29, 1.82) is 0 Å². The van der Waals surface area contributed by atoms with Gasteiger partial charge in [-0.05, 0) is 42.0 Å². The minimum Gasteiger partial charge on any atom is -0.357 e. The van der Waals surface area contributed by atoms with E-state index >= 15 is 0 Å². The Balaban J connectivity index is 1.55. The Morgan fingerprint density at radius 3 is 2.61 bits per heavy atom. The zero-order valence-corrected chi connectivity index (χ0v) is 16.5. The van der Waals surface area contributed by atoms with E-state index in [2.05, 4.69) is 10.3 Å². The van der Waals surface area contributed by atoms with E-state index in [9.17, 15) is 13.2 Å². The average Bonchev–Trinajstić information content (AvgIpc) is 3.14. The molecule has 0 aliphatic carbocycles. The summed E-state index contributed by atoms with van der Waals surface area (Å²) in [5, 5.41) is 3.99. The van der Waals surface area contributed by atoms with E-state index in [1.54, 1.807) is 6.92 Å². The number of amides is 1. The standard InChI is InChI=1S/C21H23N3O3S/c1-2-28(26,27)24-14-17-9-4-3-7-15(17)12-20(24)21(25)22-13-18-11-16-8-5-6-10-19(16)23-18/h3-11,20,23H,2,12-14H2,1H3,(H,22,25). The third kappa shape index (κ3) is 3.55. The molecule has 3 aromatic rings. The van der Waals surface area contributed by atoms with E-state index in [0.29, 0.717) is 13.0 Å². The Bertz CT molecular complexity index is 1090. The molecular weight excluding hydrogens is 374 g/mol. The number of carbonyl (C=O) groups excluding carboxylic acids is 1. The molecular formula is C21H23N3O3S. The molecule has 2 aromatic carbocycles. The van der Waals surface area contributed by atoms with E-state index in [1.807, 2.05) is 54.6 Å². The number of para-hydroxylation sites is 1. The molecule has 1 unspecified atom stereocenters. The van der Waals surface area contributed by atoms with Crippen LogP contribution in [0.4, 0.5) is 0 Å². The second-order valence-corrected chi connectivity index (χ2v) is 9.24. The summed E-state index contributed by atoms with van der Waals surface area (Å²) in [4.78, 5) is 16.2. The summed E-state index contributed by atoms with van der Waals surface area (Å²) >= 11 is 0. The van der Waals surface area contributed by atoms with Crippen LogP contribution in [0.5, 0.6) is 0 Å². The van der Waals surface area contributed by atoms with E-state index < -0.39 is 16.1 Å². The molecule has 2 N–H and O–H groups in total. The van der Waals surface area contributed by atoms with Crippen molar-refractivity contribution in [3.05, 3.63) is 71.4 Å². The molecule has 0 bridgehead atoms. The van der Waals surface area contributed by atoms with E-state index in [4.69, 9.17) is 0 Å². The molecule has 0 saturated heterocycles. The Kier molecular flexibility index (Phi) is 4.95. The summed E-state index contributed by atoms with van der Waals surface area (Å²) in [6.45, 7) is 2.16. The number of nitrogens with one attached hydrogen (secondary N) is 2. The molecule has 7 heteroatoms. The maximum Gasteiger partial charge on any atom is 0.239 e. The van der Waals surface area contributed by atoms with Gasteiger partial charge in [-0.1, -0.05) is 42.5 Å². The topological polar surface area (TPSA) is 82.3 Å². The highest BCUT2D eigenvalue weighted by Crippen LogP contribution is 2.26. The molecule has 1 amide bonds. The Hall–Kier alpha value is -2.64. The molecule has 0 fully saturated rings. The van der Waals surface area contributed by atoms with Crippen molar-refractivity contribution in [3.8, 4) is 0 Å². The van der Waals surface area contributed by atoms with Crippen molar-refractivity contribution in [2.45, 2.75) is 32.5 Å². The summed E-state index contributed by atoms with van der Waals surface area (Å²) in [6, 6.07) is 16.9. The molecule has 1 aliphatic heterocycles. The lowest BCUT2D eigenvalue weighted by Gasteiger charge is -2.34. The van der Waals surface area contributed by atoms with Gasteiger partial charge in [-0.2, -0.15) is 4.31 Å². The predicted octanol–water partition coefficient (Wildman–Crippen LogP) is 2.56. The molecule has 0 spiro atoms. The number of benzene rings is 2. The fourth-order valence-electron chi connectivity index (χ4n) is 3.71. The monoisotopic (exact) mass is 397 g/mol. The molecule has 6 nitrogen and oxygen atoms in total. The highest BCUT2D eigenvalue weighted by atomic mass is 32.2. The second-order valence-electron chi connectivity index (χ2n) is 7.03. The van der Waals surface area contributed by atoms with Gasteiger partial charge in [0.2, 0.25) is 15.9 Å². The van der Waals surface area contributed by atoms with Crippen LogP contribution in [0.25, 0.3) is 10.9 Å². The number of aromatic amines is 1. The largest absolute Gasteiger partial charge is 0.357 e. The Labute approximate surface area is 164 Å². The van der Waals surface area contributed by atoms with Gasteiger partial charge in [-0.25, -0.2) is 8.42 Å². The molecule has 2 heterocycles. The van der Waals surface area contributed by atoms with Crippen molar-refractivity contribution >= 4 is 26.8 Å². The van der Waals surface area contributed by atoms with E-state index in [0.717, 1.165) is 27.7 Å². The third-order valence-electron chi connectivity index (χ3n) is 5.27. The molecule has 0 radical (unpaired) electrons. The lowest BCUT2D eigenvalue weighted by molar-refractivity contribution is -0.125. The van der Waals surface area contributed by atoms with Crippen LogP contribution < -0.4 is 5.32 Å². The molecule has 1 aromatic heterocycles. The molecule has 4 rings (SSSR count). The summed E-state index contributed by atoms with van der Waals surface area (Å²) in [5.74, 6) is -0.300. The van der Waals surface area contributed by atoms with Crippen LogP contribution in [0.1, 0.15) is 23.7 Å². The van der Waals surface area contributed by atoms with E-state index in [1.165, 1.54) is 4.31 Å². The maximum absolute atomic E-state index is 12.9. The first kappa shape index (κ1) is 18.7. The van der Waals surface area contributed by atoms with Crippen molar-refractivity contribution in [2.24, 2.45) is 0 Å². The quantitative estimate of drug-likeness (QED) is 0.694. The van der Waals surface area contributed by atoms with Crippen molar-refractivity contribution in [1.82, 2.24) is 14.6 Å². The first-order valence-electron chi connectivity index (χ1n) is 9.38. The summed E-state index contributed by atoms with van der Waals surface area (Å²) in [5.41, 5.74) is 3.87. The van der Waals surface area contributed by atoms with Gasteiger partial charge in [0.1, 0.15) is 6.04 Å². The zero-order chi connectivity index (χ0) is 19.7. The third-order valence-corrected chi connectivity index (χ3v) is 7.10. The van der Waals surface area contributed by atoms with Gasteiger partial charge >= 0.3 is 0 Å². The van der Waals surface area contributed by atoms with Gasteiger partial charge in [-0.15, -0.1) is 0 Å². The minimum atomic E-state index is -3.50. The molecule has 146 valence electrons. The van der Waals surface area contributed by atoms with Crippen molar-refractivity contribution < 1.29 is 13.2 Å². The summed E-state index contributed by atoms with van der Waals surface area (Å²) in [6.07, 6.45) is 0.383. The Morgan fingerprint density at radius 2 is 1.86 bits per heavy atom. The summed E-state index contributed by atoms with van der Waals surface area (Å²) < 4.78 is 26.6. The van der Waals surface area contributed by atoms with Gasteiger partial charge in [0.15, 0.2) is 0 Å². The number of hydrogen-bond donors (Lipinski definition) is 2. The maximum atomic E-state index is 12.9. The number of fused-ring (bicyclic) bond motifs is 2. The first-order valence-corrected chi connectivity index (χ1v) is 11.0. The van der Waals surface area contributed by atoms with Gasteiger partial charge in [0.05, 0.1) is 12.3 Å². The molecule has 1 atom stereocenters. The normalized spacial score (nSPS) is 17.4. The zero-order valence-electron chi connectivity index (χ0n) is 15.7. The molecule has 28 heavy (non-hydrogen) atoms. The van der Waals surface area contributed by atoms with Gasteiger partial charge < -0.3 is 10.3 Å². The Morgan fingerprint density at radius 1 is 1.14 bits per heavy atom. The lowest BCUT2D eigenvalue weighted by atomic mass is 9.95. The first-order chi connectivity index (χ1) is 13.5. The summed E-state index contributed by atoms with van der Waals surface area (Å²) in [7, 11) is -3.50. The second kappa shape index (κ2) is 7.41. The number of nitrogens with zero attached hydrogens (tertiary/aromatic N) is 1. The number of carbonyl (C=O) groups is 1. The number of rotatable bonds is 5. The number of aromatic nitrogens is 1. The number of hydrogen-bond acceptors (Lipinski definition) is 3. The predicted molar refractivity (Wildman–Crippen MR) is 109 cm³/mol. The minimum absolute atomic E-state index is 0.0268. The average molecular weight is 398 g/mol. The van der Waals surface area contributed by atoms with Crippen LogP contribution in [-0.4, -0.2) is 35.4 Å². The van der Waals surface area contributed by atoms with Gasteiger partial charge in [0, 0.05) is 17.8 Å². The molecule has 0 saturated carbocycles. The van der Waals surface area contributed by atoms with Crippen LogP contribution in [0.3, 0.4) is 0 Å². The van der Waals surface area contributed by atoms with Gasteiger partial charge in [-0.3, -0.25) is 4.79 Å². The van der Waals surface area contributed by atoms with Gasteiger partial charge in [0.25, 0.3) is 0 Å². The van der Waals surface area contributed by atoms with Crippen molar-refractivity contribution in [2.75, 3.05) is 5.75 Å². The number of H-pyrrole nitrogens is 1. The fourth-order valence-corrected chi connectivity index (χ4v) is 4.93. The van der Waals surface area contributed by atoms with Crippen LogP contribution in [0.2, 0.25) is 0 Å². The van der Waals surface area contributed by atoms with Crippen molar-refractivity contribution in [3.63, 3.8) is 0 Å². The van der Waals surface area contributed by atoms with Crippen LogP contribution in [0.15, 0.2) is 54.6 Å². The highest BCUT2D eigenvalue weighted by molar-refractivity contribution is 7.89. The smallest absolute Gasteiger partial charge is 0.239 e. The highest BCUT2D eigenvalue weighted by Gasteiger charge is 2.37. The number of sulfonamides is 1. The molecule has 1 aliphatic rings.